The summed E-state index contributed by atoms with van der Waals surface area (Å²) in [7, 11) is 1.93. The zero-order chi connectivity index (χ0) is 19.8. The molecule has 8 heteroatoms. The minimum absolute atomic E-state index is 0.0284. The highest BCUT2D eigenvalue weighted by molar-refractivity contribution is 7.18. The molecule has 1 fully saturated rings. The number of nitrogens with zero attached hydrogens (tertiary/aromatic N) is 4. The molecule has 1 atom stereocenters. The van der Waals surface area contributed by atoms with E-state index >= 15 is 0 Å². The highest BCUT2D eigenvalue weighted by atomic mass is 32.1. The molecule has 146 valence electrons. The fraction of sp³-hybridized carbons (Fsp3) is 0.579. The van der Waals surface area contributed by atoms with Crippen LogP contribution >= 0.6 is 11.3 Å². The van der Waals surface area contributed by atoms with E-state index in [9.17, 15) is 9.59 Å². The Morgan fingerprint density at radius 1 is 1.33 bits per heavy atom. The van der Waals surface area contributed by atoms with Crippen LogP contribution in [-0.4, -0.2) is 44.6 Å². The predicted molar refractivity (Wildman–Crippen MR) is 106 cm³/mol. The molecule has 0 saturated carbocycles. The molecule has 3 heterocycles. The maximum absolute atomic E-state index is 13.1. The van der Waals surface area contributed by atoms with E-state index in [1.54, 1.807) is 6.33 Å². The van der Waals surface area contributed by atoms with Gasteiger partial charge in [0.25, 0.3) is 5.91 Å². The molecule has 1 aliphatic heterocycles. The molecule has 3 rings (SSSR count). The third kappa shape index (κ3) is 4.21. The lowest BCUT2D eigenvalue weighted by Crippen LogP contribution is -2.39. The SMILES string of the molecule is Cc1cc(NC(=O)C(C)(C)C)sc1C(=O)N1CCCC(c2nncn2C)C1. The van der Waals surface area contributed by atoms with Crippen LogP contribution in [-0.2, 0) is 11.8 Å². The Labute approximate surface area is 163 Å². The number of piperidine rings is 1. The maximum atomic E-state index is 13.1. The number of anilines is 1. The van der Waals surface area contributed by atoms with Crippen LogP contribution in [0.2, 0.25) is 0 Å². The summed E-state index contributed by atoms with van der Waals surface area (Å²) in [5.41, 5.74) is 0.424. The van der Waals surface area contributed by atoms with E-state index in [1.807, 2.05) is 50.3 Å². The Morgan fingerprint density at radius 2 is 2.07 bits per heavy atom. The molecular formula is C19H27N5O2S. The minimum Gasteiger partial charge on any atom is -0.337 e. The van der Waals surface area contributed by atoms with E-state index in [0.717, 1.165) is 35.8 Å². The summed E-state index contributed by atoms with van der Waals surface area (Å²) >= 11 is 1.35. The van der Waals surface area contributed by atoms with E-state index in [0.29, 0.717) is 11.4 Å². The topological polar surface area (TPSA) is 80.1 Å². The molecular weight excluding hydrogens is 362 g/mol. The van der Waals surface area contributed by atoms with Crippen molar-refractivity contribution in [2.24, 2.45) is 12.5 Å². The first-order valence-corrected chi connectivity index (χ1v) is 10.0. The van der Waals surface area contributed by atoms with Crippen molar-refractivity contribution in [2.45, 2.75) is 46.5 Å². The normalized spacial score (nSPS) is 17.8. The lowest BCUT2D eigenvalue weighted by atomic mass is 9.96. The van der Waals surface area contributed by atoms with Gasteiger partial charge in [0.1, 0.15) is 12.2 Å². The van der Waals surface area contributed by atoms with Gasteiger partial charge in [0.15, 0.2) is 0 Å². The zero-order valence-corrected chi connectivity index (χ0v) is 17.4. The Hall–Kier alpha value is -2.22. The first kappa shape index (κ1) is 19.5. The van der Waals surface area contributed by atoms with Crippen molar-refractivity contribution >= 4 is 28.2 Å². The number of aromatic nitrogens is 3. The molecule has 2 amide bonds. The van der Waals surface area contributed by atoms with Crippen LogP contribution in [0, 0.1) is 12.3 Å². The van der Waals surface area contributed by atoms with Crippen LogP contribution in [0.3, 0.4) is 0 Å². The van der Waals surface area contributed by atoms with Gasteiger partial charge in [-0.2, -0.15) is 0 Å². The summed E-state index contributed by atoms with van der Waals surface area (Å²) in [6, 6.07) is 1.88. The quantitative estimate of drug-likeness (QED) is 0.874. The molecule has 0 aliphatic carbocycles. The van der Waals surface area contributed by atoms with Gasteiger partial charge < -0.3 is 14.8 Å². The number of thiophene rings is 1. The molecule has 1 saturated heterocycles. The smallest absolute Gasteiger partial charge is 0.264 e. The molecule has 1 unspecified atom stereocenters. The van der Waals surface area contributed by atoms with Gasteiger partial charge in [-0.3, -0.25) is 9.59 Å². The Morgan fingerprint density at radius 3 is 2.70 bits per heavy atom. The standard InChI is InChI=1S/C19H27N5O2S/c1-12-9-14(21-18(26)19(2,3)4)27-15(12)17(25)24-8-6-7-13(10-24)16-22-20-11-23(16)5/h9,11,13H,6-8,10H2,1-5H3,(H,21,26). The van der Waals surface area contributed by atoms with Gasteiger partial charge in [-0.15, -0.1) is 21.5 Å². The first-order valence-electron chi connectivity index (χ1n) is 9.22. The van der Waals surface area contributed by atoms with Crippen LogP contribution in [0.25, 0.3) is 0 Å². The fourth-order valence-corrected chi connectivity index (χ4v) is 4.27. The molecule has 7 nitrogen and oxygen atoms in total. The van der Waals surface area contributed by atoms with Crippen molar-refractivity contribution in [3.8, 4) is 0 Å². The third-order valence-corrected chi connectivity index (χ3v) is 5.99. The Bertz CT molecular complexity index is 849. The second-order valence-corrected chi connectivity index (χ2v) is 9.27. The second-order valence-electron chi connectivity index (χ2n) is 8.22. The molecule has 1 aliphatic rings. The number of hydrogen-bond acceptors (Lipinski definition) is 5. The van der Waals surface area contributed by atoms with Crippen molar-refractivity contribution < 1.29 is 9.59 Å². The molecule has 2 aromatic heterocycles. The number of carbonyl (C=O) groups excluding carboxylic acids is 2. The lowest BCUT2D eigenvalue weighted by molar-refractivity contribution is -0.123. The van der Waals surface area contributed by atoms with Crippen molar-refractivity contribution in [2.75, 3.05) is 18.4 Å². The number of carbonyl (C=O) groups is 2. The Kier molecular flexibility index (Phi) is 5.37. The summed E-state index contributed by atoms with van der Waals surface area (Å²) in [6.07, 6.45) is 3.65. The molecule has 27 heavy (non-hydrogen) atoms. The summed E-state index contributed by atoms with van der Waals surface area (Å²) in [6.45, 7) is 8.92. The van der Waals surface area contributed by atoms with E-state index < -0.39 is 5.41 Å². The van der Waals surface area contributed by atoms with Crippen molar-refractivity contribution in [1.82, 2.24) is 19.7 Å². The van der Waals surface area contributed by atoms with Crippen molar-refractivity contribution in [1.29, 1.82) is 0 Å². The van der Waals surface area contributed by atoms with Gasteiger partial charge in [0.05, 0.1) is 9.88 Å². The Balaban J connectivity index is 1.74. The van der Waals surface area contributed by atoms with Crippen molar-refractivity contribution in [3.63, 3.8) is 0 Å². The van der Waals surface area contributed by atoms with Crippen molar-refractivity contribution in [3.05, 3.63) is 28.7 Å². The predicted octanol–water partition coefficient (Wildman–Crippen LogP) is 3.19. The molecule has 0 radical (unpaired) electrons. The number of nitrogens with one attached hydrogen (secondary N) is 1. The molecule has 0 bridgehead atoms. The second kappa shape index (κ2) is 7.42. The number of amides is 2. The largest absolute Gasteiger partial charge is 0.337 e. The van der Waals surface area contributed by atoms with Gasteiger partial charge >= 0.3 is 0 Å². The third-order valence-electron chi connectivity index (χ3n) is 4.85. The zero-order valence-electron chi connectivity index (χ0n) is 16.6. The number of hydrogen-bond donors (Lipinski definition) is 1. The minimum atomic E-state index is -0.474. The van der Waals surface area contributed by atoms with Crippen LogP contribution in [0.15, 0.2) is 12.4 Å². The highest BCUT2D eigenvalue weighted by Gasteiger charge is 2.30. The summed E-state index contributed by atoms with van der Waals surface area (Å²) in [5.74, 6) is 1.10. The van der Waals surface area contributed by atoms with Crippen LogP contribution < -0.4 is 5.32 Å². The summed E-state index contributed by atoms with van der Waals surface area (Å²) in [4.78, 5) is 27.9. The van der Waals surface area contributed by atoms with Crippen LogP contribution in [0.4, 0.5) is 5.00 Å². The van der Waals surface area contributed by atoms with Gasteiger partial charge in [-0.05, 0) is 31.4 Å². The van der Waals surface area contributed by atoms with Gasteiger partial charge in [-0.1, -0.05) is 20.8 Å². The number of rotatable bonds is 3. The first-order chi connectivity index (χ1) is 12.7. The molecule has 1 N–H and O–H groups in total. The average Bonchev–Trinajstić information content (AvgIpc) is 3.19. The number of likely N-dealkylation sites (tertiary alicyclic amines) is 1. The van der Waals surface area contributed by atoms with Crippen LogP contribution in [0.5, 0.6) is 0 Å². The fourth-order valence-electron chi connectivity index (χ4n) is 3.23. The maximum Gasteiger partial charge on any atom is 0.264 e. The van der Waals surface area contributed by atoms with E-state index in [-0.39, 0.29) is 17.7 Å². The average molecular weight is 390 g/mol. The molecule has 0 spiro atoms. The van der Waals surface area contributed by atoms with E-state index in [1.165, 1.54) is 11.3 Å². The van der Waals surface area contributed by atoms with Gasteiger partial charge in [-0.25, -0.2) is 0 Å². The molecule has 0 aromatic carbocycles. The monoisotopic (exact) mass is 389 g/mol. The van der Waals surface area contributed by atoms with Gasteiger partial charge in [0.2, 0.25) is 5.91 Å². The number of aryl methyl sites for hydroxylation is 2. The highest BCUT2D eigenvalue weighted by Crippen LogP contribution is 2.32. The van der Waals surface area contributed by atoms with E-state index in [2.05, 4.69) is 15.5 Å². The summed E-state index contributed by atoms with van der Waals surface area (Å²) < 4.78 is 1.93. The van der Waals surface area contributed by atoms with E-state index in [4.69, 9.17) is 0 Å². The summed E-state index contributed by atoms with van der Waals surface area (Å²) in [5, 5.41) is 11.8. The van der Waals surface area contributed by atoms with Gasteiger partial charge in [0, 0.05) is 31.5 Å². The molecule has 2 aromatic rings. The lowest BCUT2D eigenvalue weighted by Gasteiger charge is -2.32. The van der Waals surface area contributed by atoms with Crippen LogP contribution in [0.1, 0.15) is 60.6 Å².